The molecule has 0 aliphatic carbocycles. The van der Waals surface area contributed by atoms with Crippen LogP contribution in [0, 0.1) is 0 Å². The lowest BCUT2D eigenvalue weighted by molar-refractivity contribution is -0.115. The Morgan fingerprint density at radius 2 is 2.20 bits per heavy atom. The highest BCUT2D eigenvalue weighted by Gasteiger charge is 2.13. The van der Waals surface area contributed by atoms with E-state index < -0.39 is 0 Å². The van der Waals surface area contributed by atoms with Gasteiger partial charge in [0.2, 0.25) is 5.91 Å². The fourth-order valence-corrected chi connectivity index (χ4v) is 2.92. The average Bonchev–Trinajstić information content (AvgIpc) is 3.24. The van der Waals surface area contributed by atoms with Crippen LogP contribution in [-0.4, -0.2) is 27.3 Å². The van der Waals surface area contributed by atoms with Crippen LogP contribution in [0.5, 0.6) is 5.75 Å². The number of carbonyl (C=O) groups is 1. The van der Waals surface area contributed by atoms with Gasteiger partial charge in [-0.05, 0) is 28.8 Å². The lowest BCUT2D eigenvalue weighted by Gasteiger charge is -2.05. The number of rotatable bonds is 5. The molecule has 0 fully saturated rings. The molecule has 0 spiro atoms. The Hall–Kier alpha value is -3.15. The molecule has 2 aromatic heterocycles. The van der Waals surface area contributed by atoms with Crippen LogP contribution in [0.4, 0.5) is 5.82 Å². The smallest absolute Gasteiger partial charge is 0.229 e. The Morgan fingerprint density at radius 3 is 3.08 bits per heavy atom. The first kappa shape index (κ1) is 15.4. The van der Waals surface area contributed by atoms with Crippen LogP contribution in [0.25, 0.3) is 0 Å². The molecular formula is C19H18N4O2. The summed E-state index contributed by atoms with van der Waals surface area (Å²) in [6.07, 6.45) is 6.61. The van der Waals surface area contributed by atoms with Gasteiger partial charge in [0.1, 0.15) is 5.75 Å². The zero-order valence-corrected chi connectivity index (χ0v) is 13.7. The molecule has 1 aliphatic rings. The van der Waals surface area contributed by atoms with Gasteiger partial charge in [-0.2, -0.15) is 5.10 Å². The summed E-state index contributed by atoms with van der Waals surface area (Å²) in [4.78, 5) is 16.3. The van der Waals surface area contributed by atoms with Crippen LogP contribution in [0.3, 0.4) is 0 Å². The highest BCUT2D eigenvalue weighted by molar-refractivity contribution is 5.91. The van der Waals surface area contributed by atoms with Crippen molar-refractivity contribution in [3.8, 4) is 5.75 Å². The van der Waals surface area contributed by atoms with E-state index in [2.05, 4.69) is 15.4 Å². The first-order chi connectivity index (χ1) is 12.3. The maximum atomic E-state index is 12.2. The van der Waals surface area contributed by atoms with Crippen LogP contribution in [0.15, 0.2) is 55.0 Å². The normalized spacial score (nSPS) is 12.5. The van der Waals surface area contributed by atoms with Crippen LogP contribution in [-0.2, 0) is 24.2 Å². The van der Waals surface area contributed by atoms with Crippen molar-refractivity contribution >= 4 is 11.7 Å². The van der Waals surface area contributed by atoms with Crippen molar-refractivity contribution in [3.05, 3.63) is 71.7 Å². The van der Waals surface area contributed by atoms with Gasteiger partial charge in [-0.1, -0.05) is 18.2 Å². The van der Waals surface area contributed by atoms with E-state index in [4.69, 9.17) is 4.74 Å². The minimum absolute atomic E-state index is 0.0782. The van der Waals surface area contributed by atoms with Gasteiger partial charge in [-0.25, -0.2) is 0 Å². The predicted octanol–water partition coefficient (Wildman–Crippen LogP) is 2.44. The monoisotopic (exact) mass is 334 g/mol. The fourth-order valence-electron chi connectivity index (χ4n) is 2.92. The molecule has 126 valence electrons. The Morgan fingerprint density at radius 1 is 1.24 bits per heavy atom. The van der Waals surface area contributed by atoms with Gasteiger partial charge in [0.05, 0.1) is 19.6 Å². The van der Waals surface area contributed by atoms with Gasteiger partial charge in [0, 0.05) is 31.1 Å². The lowest BCUT2D eigenvalue weighted by Crippen LogP contribution is -2.15. The van der Waals surface area contributed by atoms with E-state index in [1.165, 1.54) is 5.56 Å². The van der Waals surface area contributed by atoms with Gasteiger partial charge < -0.3 is 10.1 Å². The minimum atomic E-state index is -0.0782. The second-order valence-corrected chi connectivity index (χ2v) is 6.03. The number of hydrogen-bond donors (Lipinski definition) is 1. The van der Waals surface area contributed by atoms with Crippen LogP contribution >= 0.6 is 0 Å². The van der Waals surface area contributed by atoms with Crippen molar-refractivity contribution in [2.24, 2.45) is 0 Å². The number of aromatic nitrogens is 3. The number of nitrogens with zero attached hydrogens (tertiary/aromatic N) is 3. The van der Waals surface area contributed by atoms with E-state index in [0.717, 1.165) is 29.9 Å². The van der Waals surface area contributed by atoms with Crippen LogP contribution in [0.2, 0.25) is 0 Å². The number of ether oxygens (including phenoxy) is 1. The lowest BCUT2D eigenvalue weighted by atomic mass is 10.1. The minimum Gasteiger partial charge on any atom is -0.493 e. The van der Waals surface area contributed by atoms with Crippen molar-refractivity contribution in [3.63, 3.8) is 0 Å². The first-order valence-corrected chi connectivity index (χ1v) is 8.23. The molecule has 6 nitrogen and oxygen atoms in total. The molecule has 0 radical (unpaired) electrons. The second-order valence-electron chi connectivity index (χ2n) is 6.03. The molecular weight excluding hydrogens is 316 g/mol. The third-order valence-corrected chi connectivity index (χ3v) is 4.09. The molecule has 0 atom stereocenters. The van der Waals surface area contributed by atoms with Gasteiger partial charge >= 0.3 is 0 Å². The molecule has 1 aliphatic heterocycles. The second kappa shape index (κ2) is 6.76. The summed E-state index contributed by atoms with van der Waals surface area (Å²) < 4.78 is 7.27. The van der Waals surface area contributed by atoms with Gasteiger partial charge in [0.25, 0.3) is 0 Å². The van der Waals surface area contributed by atoms with Crippen LogP contribution in [0.1, 0.15) is 16.7 Å². The molecule has 1 N–H and O–H groups in total. The summed E-state index contributed by atoms with van der Waals surface area (Å²) in [6, 6.07) is 11.6. The summed E-state index contributed by atoms with van der Waals surface area (Å²) in [5.41, 5.74) is 3.21. The van der Waals surface area contributed by atoms with Crippen molar-refractivity contribution in [2.45, 2.75) is 19.4 Å². The zero-order valence-electron chi connectivity index (χ0n) is 13.7. The molecule has 4 rings (SSSR count). The van der Waals surface area contributed by atoms with Gasteiger partial charge in [-0.15, -0.1) is 0 Å². The number of nitrogens with one attached hydrogen (secondary N) is 1. The van der Waals surface area contributed by atoms with Gasteiger partial charge in [0.15, 0.2) is 5.82 Å². The third kappa shape index (κ3) is 3.68. The Labute approximate surface area is 145 Å². The predicted molar refractivity (Wildman–Crippen MR) is 93.5 cm³/mol. The number of amides is 1. The van der Waals surface area contributed by atoms with Crippen LogP contribution < -0.4 is 10.1 Å². The topological polar surface area (TPSA) is 69.0 Å². The maximum Gasteiger partial charge on any atom is 0.229 e. The Kier molecular flexibility index (Phi) is 4.16. The number of anilines is 1. The van der Waals surface area contributed by atoms with Gasteiger partial charge in [-0.3, -0.25) is 14.5 Å². The quantitative estimate of drug-likeness (QED) is 0.778. The van der Waals surface area contributed by atoms with E-state index in [0.29, 0.717) is 18.8 Å². The molecule has 0 bridgehead atoms. The van der Waals surface area contributed by atoms with E-state index in [-0.39, 0.29) is 5.91 Å². The molecule has 0 saturated carbocycles. The number of fused-ring (bicyclic) bond motifs is 1. The largest absolute Gasteiger partial charge is 0.493 e. The fraction of sp³-hybridized carbons (Fsp3) is 0.211. The summed E-state index contributed by atoms with van der Waals surface area (Å²) in [6.45, 7) is 1.34. The summed E-state index contributed by atoms with van der Waals surface area (Å²) in [7, 11) is 0. The molecule has 25 heavy (non-hydrogen) atoms. The van der Waals surface area contributed by atoms with E-state index in [9.17, 15) is 4.79 Å². The average molecular weight is 334 g/mol. The molecule has 0 saturated heterocycles. The zero-order chi connectivity index (χ0) is 17.1. The highest BCUT2D eigenvalue weighted by Crippen LogP contribution is 2.26. The van der Waals surface area contributed by atoms with E-state index in [1.54, 1.807) is 23.1 Å². The molecule has 0 unspecified atom stereocenters. The van der Waals surface area contributed by atoms with Crippen molar-refractivity contribution < 1.29 is 9.53 Å². The third-order valence-electron chi connectivity index (χ3n) is 4.09. The Balaban J connectivity index is 1.36. The molecule has 1 aromatic carbocycles. The summed E-state index contributed by atoms with van der Waals surface area (Å²) in [5.74, 6) is 1.40. The van der Waals surface area contributed by atoms with Crippen molar-refractivity contribution in [1.29, 1.82) is 0 Å². The molecule has 1 amide bonds. The number of carbonyl (C=O) groups excluding carboxylic acids is 1. The molecule has 3 aromatic rings. The molecule has 3 heterocycles. The van der Waals surface area contributed by atoms with E-state index >= 15 is 0 Å². The number of hydrogen-bond acceptors (Lipinski definition) is 4. The number of benzene rings is 1. The maximum absolute atomic E-state index is 12.2. The molecule has 6 heteroatoms. The standard InChI is InChI=1S/C19H18N4O2/c24-19(11-14-3-4-17-16(10-14)6-9-25-17)21-18-5-8-23(22-18)13-15-2-1-7-20-12-15/h1-5,7-8,10,12H,6,9,11,13H2,(H,21,22,24). The Bertz CT molecular complexity index is 889. The summed E-state index contributed by atoms with van der Waals surface area (Å²) >= 11 is 0. The number of pyridine rings is 1. The van der Waals surface area contributed by atoms with Crippen molar-refractivity contribution in [1.82, 2.24) is 14.8 Å². The van der Waals surface area contributed by atoms with E-state index in [1.807, 2.05) is 36.5 Å². The SMILES string of the molecule is O=C(Cc1ccc2c(c1)CCO2)Nc1ccn(Cc2cccnc2)n1. The first-order valence-electron chi connectivity index (χ1n) is 8.23. The summed E-state index contributed by atoms with van der Waals surface area (Å²) in [5, 5.41) is 7.23. The van der Waals surface area contributed by atoms with Crippen molar-refractivity contribution in [2.75, 3.05) is 11.9 Å². The highest BCUT2D eigenvalue weighted by atomic mass is 16.5.